The van der Waals surface area contributed by atoms with Gasteiger partial charge in [0.25, 0.3) is 0 Å². The van der Waals surface area contributed by atoms with Crippen LogP contribution in [0.1, 0.15) is 65.2 Å². The number of carbonyl (C=O) groups is 1. The molecule has 1 saturated carbocycles. The summed E-state index contributed by atoms with van der Waals surface area (Å²) >= 11 is 1.60. The summed E-state index contributed by atoms with van der Waals surface area (Å²) in [6.45, 7) is 3.91. The van der Waals surface area contributed by atoms with Gasteiger partial charge in [0.2, 0.25) is 0 Å². The number of aliphatic hydroxyl groups excluding tert-OH is 1. The summed E-state index contributed by atoms with van der Waals surface area (Å²) in [4.78, 5) is 17.2. The molecule has 5 rings (SSSR count). The first-order valence-corrected chi connectivity index (χ1v) is 12.8. The number of aromatic hydroxyl groups is 1. The molecule has 2 aliphatic rings. The quantitative estimate of drug-likeness (QED) is 0.462. The van der Waals surface area contributed by atoms with Gasteiger partial charge in [0, 0.05) is 32.6 Å². The molecule has 5 nitrogen and oxygen atoms in total. The molecular weight excluding hydrogens is 434 g/mol. The van der Waals surface area contributed by atoms with Gasteiger partial charge >= 0.3 is 0 Å². The number of rotatable bonds is 7. The lowest BCUT2D eigenvalue weighted by Crippen LogP contribution is -2.25. The van der Waals surface area contributed by atoms with Crippen LogP contribution in [0.15, 0.2) is 42.5 Å². The Morgan fingerprint density at radius 2 is 1.76 bits per heavy atom. The lowest BCUT2D eigenvalue weighted by Gasteiger charge is -2.25. The van der Waals surface area contributed by atoms with E-state index < -0.39 is 0 Å². The van der Waals surface area contributed by atoms with Crippen LogP contribution < -0.4 is 4.74 Å². The van der Waals surface area contributed by atoms with E-state index in [-0.39, 0.29) is 23.6 Å². The largest absolute Gasteiger partial charge is 0.508 e. The van der Waals surface area contributed by atoms with Crippen LogP contribution in [0.25, 0.3) is 10.1 Å². The molecular formula is C27H31NO4S. The zero-order valence-corrected chi connectivity index (χ0v) is 19.7. The molecule has 1 saturated heterocycles. The Kier molecular flexibility index (Phi) is 6.67. The molecule has 1 aliphatic carbocycles. The fourth-order valence-electron chi connectivity index (χ4n) is 5.11. The summed E-state index contributed by atoms with van der Waals surface area (Å²) in [5.41, 5.74) is 1.39. The zero-order chi connectivity index (χ0) is 22.8. The average molecular weight is 466 g/mol. The Balaban J connectivity index is 1.37. The molecule has 2 fully saturated rings. The maximum atomic E-state index is 13.7. The summed E-state index contributed by atoms with van der Waals surface area (Å²) in [6.07, 6.45) is 5.60. The second-order valence-corrected chi connectivity index (χ2v) is 10.4. The molecule has 0 bridgehead atoms. The highest BCUT2D eigenvalue weighted by molar-refractivity contribution is 7.19. The van der Waals surface area contributed by atoms with Gasteiger partial charge in [-0.1, -0.05) is 0 Å². The predicted molar refractivity (Wildman–Crippen MR) is 132 cm³/mol. The highest BCUT2D eigenvalue weighted by Gasteiger charge is 2.29. The number of hydrogen-bond acceptors (Lipinski definition) is 6. The smallest absolute Gasteiger partial charge is 0.194 e. The van der Waals surface area contributed by atoms with E-state index >= 15 is 0 Å². The maximum Gasteiger partial charge on any atom is 0.194 e. The highest BCUT2D eigenvalue weighted by atomic mass is 32.1. The first-order chi connectivity index (χ1) is 16.1. The van der Waals surface area contributed by atoms with Gasteiger partial charge in [-0.25, -0.2) is 0 Å². The number of ketones is 1. The average Bonchev–Trinajstić information content (AvgIpc) is 3.47. The fourth-order valence-corrected chi connectivity index (χ4v) is 6.51. The van der Waals surface area contributed by atoms with Gasteiger partial charge in [0.1, 0.15) is 18.1 Å². The van der Waals surface area contributed by atoms with Crippen molar-refractivity contribution in [2.24, 2.45) is 0 Å². The number of thiophene rings is 1. The van der Waals surface area contributed by atoms with Crippen molar-refractivity contribution in [3.63, 3.8) is 0 Å². The molecule has 0 radical (unpaired) electrons. The molecule has 1 aromatic heterocycles. The van der Waals surface area contributed by atoms with E-state index in [0.717, 1.165) is 71.6 Å². The number of aliphatic hydroxyl groups is 1. The number of likely N-dealkylation sites (tertiary alicyclic amines) is 1. The number of hydrogen-bond donors (Lipinski definition) is 2. The van der Waals surface area contributed by atoms with Crippen LogP contribution >= 0.6 is 11.3 Å². The molecule has 2 aromatic carbocycles. The van der Waals surface area contributed by atoms with Gasteiger partial charge in [-0.3, -0.25) is 9.69 Å². The molecule has 3 aromatic rings. The molecule has 174 valence electrons. The molecule has 1 aliphatic heterocycles. The Morgan fingerprint density at radius 3 is 2.48 bits per heavy atom. The van der Waals surface area contributed by atoms with E-state index in [0.29, 0.717) is 12.2 Å². The summed E-state index contributed by atoms with van der Waals surface area (Å²) in [5.74, 6) is 1.27. The van der Waals surface area contributed by atoms with Crippen molar-refractivity contribution in [3.8, 4) is 11.5 Å². The standard InChI is InChI=1S/C27H31NO4S/c29-20-7-3-19(4-8-20)27-25(23-12-9-21(30)17-24(23)33-27)26(31)18-5-10-22(11-6-18)32-16-15-28-13-1-2-14-28/h5-6,9-12,17,19-20,29-30H,1-4,7-8,13-16H2. The molecule has 33 heavy (non-hydrogen) atoms. The molecule has 0 spiro atoms. The Bertz CT molecular complexity index is 1110. The van der Waals surface area contributed by atoms with Crippen LogP contribution in [0, 0.1) is 0 Å². The number of nitrogens with zero attached hydrogens (tertiary/aromatic N) is 1. The monoisotopic (exact) mass is 465 g/mol. The van der Waals surface area contributed by atoms with Crippen molar-refractivity contribution >= 4 is 27.2 Å². The van der Waals surface area contributed by atoms with E-state index in [1.807, 2.05) is 30.3 Å². The molecule has 0 atom stereocenters. The van der Waals surface area contributed by atoms with Crippen molar-refractivity contribution < 1.29 is 19.7 Å². The van der Waals surface area contributed by atoms with Crippen LogP contribution in [0.2, 0.25) is 0 Å². The van der Waals surface area contributed by atoms with E-state index in [2.05, 4.69) is 4.90 Å². The fraction of sp³-hybridized carbons (Fsp3) is 0.444. The number of phenols is 1. The third-order valence-electron chi connectivity index (χ3n) is 6.99. The van der Waals surface area contributed by atoms with Crippen molar-refractivity contribution in [2.75, 3.05) is 26.2 Å². The summed E-state index contributed by atoms with van der Waals surface area (Å²) in [5, 5.41) is 20.8. The van der Waals surface area contributed by atoms with Crippen molar-refractivity contribution in [3.05, 3.63) is 58.5 Å². The van der Waals surface area contributed by atoms with Gasteiger partial charge in [0.15, 0.2) is 5.78 Å². The van der Waals surface area contributed by atoms with Crippen molar-refractivity contribution in [1.29, 1.82) is 0 Å². The lowest BCUT2D eigenvalue weighted by atomic mass is 9.84. The van der Waals surface area contributed by atoms with Crippen LogP contribution in [0.4, 0.5) is 0 Å². The number of ether oxygens (including phenoxy) is 1. The van der Waals surface area contributed by atoms with Crippen molar-refractivity contribution in [1.82, 2.24) is 4.90 Å². The Morgan fingerprint density at radius 1 is 1.03 bits per heavy atom. The number of carbonyl (C=O) groups excluding carboxylic acids is 1. The minimum absolute atomic E-state index is 0.0108. The first kappa shape index (κ1) is 22.4. The van der Waals surface area contributed by atoms with E-state index in [1.54, 1.807) is 23.5 Å². The summed E-state index contributed by atoms with van der Waals surface area (Å²) in [6, 6.07) is 12.7. The molecule has 2 heterocycles. The Hall–Kier alpha value is -2.41. The van der Waals surface area contributed by atoms with E-state index in [4.69, 9.17) is 4.74 Å². The van der Waals surface area contributed by atoms with Gasteiger partial charge in [-0.2, -0.15) is 0 Å². The van der Waals surface area contributed by atoms with Gasteiger partial charge in [-0.15, -0.1) is 11.3 Å². The van der Waals surface area contributed by atoms with Crippen LogP contribution in [0.3, 0.4) is 0 Å². The van der Waals surface area contributed by atoms with Crippen LogP contribution in [-0.4, -0.2) is 53.2 Å². The summed E-state index contributed by atoms with van der Waals surface area (Å²) in [7, 11) is 0. The van der Waals surface area contributed by atoms with E-state index in [1.165, 1.54) is 12.8 Å². The molecule has 0 unspecified atom stereocenters. The summed E-state index contributed by atoms with van der Waals surface area (Å²) < 4.78 is 6.84. The van der Waals surface area contributed by atoms with Crippen LogP contribution in [0.5, 0.6) is 11.5 Å². The number of benzene rings is 2. The highest BCUT2D eigenvalue weighted by Crippen LogP contribution is 2.44. The second kappa shape index (κ2) is 9.84. The SMILES string of the molecule is O=C(c1ccc(OCCN2CCCC2)cc1)c1c(C2CCC(O)CC2)sc2cc(O)ccc12. The molecule has 0 amide bonds. The minimum Gasteiger partial charge on any atom is -0.508 e. The van der Waals surface area contributed by atoms with Gasteiger partial charge in [-0.05, 0) is 100.0 Å². The zero-order valence-electron chi connectivity index (χ0n) is 18.8. The predicted octanol–water partition coefficient (Wildman–Crippen LogP) is 5.33. The lowest BCUT2D eigenvalue weighted by molar-refractivity contribution is 0.103. The van der Waals surface area contributed by atoms with E-state index in [9.17, 15) is 15.0 Å². The number of phenolic OH excluding ortho intramolecular Hbond substituents is 1. The second-order valence-electron chi connectivity index (χ2n) is 9.28. The normalized spacial score (nSPS) is 21.5. The third-order valence-corrected chi connectivity index (χ3v) is 8.30. The topological polar surface area (TPSA) is 70.0 Å². The molecule has 6 heteroatoms. The van der Waals surface area contributed by atoms with Gasteiger partial charge < -0.3 is 14.9 Å². The Labute approximate surface area is 198 Å². The van der Waals surface area contributed by atoms with Crippen molar-refractivity contribution in [2.45, 2.75) is 50.5 Å². The van der Waals surface area contributed by atoms with Crippen LogP contribution in [-0.2, 0) is 0 Å². The van der Waals surface area contributed by atoms with Gasteiger partial charge in [0.05, 0.1) is 6.10 Å². The number of fused-ring (bicyclic) bond motifs is 1. The molecule has 2 N–H and O–H groups in total. The minimum atomic E-state index is -0.239. The third kappa shape index (κ3) is 4.93. The maximum absolute atomic E-state index is 13.7. The first-order valence-electron chi connectivity index (χ1n) is 12.0.